The topological polar surface area (TPSA) is 0 Å². The molecule has 1 aliphatic carbocycles. The minimum absolute atomic E-state index is 0.651. The first-order valence-electron chi connectivity index (χ1n) is 8.74. The zero-order chi connectivity index (χ0) is 15.3. The summed E-state index contributed by atoms with van der Waals surface area (Å²) in [5.74, 6) is 1.39. The van der Waals surface area contributed by atoms with E-state index in [-0.39, 0.29) is 0 Å². The Bertz CT molecular complexity index is 752. The average Bonchev–Trinajstić information content (AvgIpc) is 2.95. The second kappa shape index (κ2) is 4.96. The van der Waals surface area contributed by atoms with Crippen LogP contribution in [0.25, 0.3) is 16.8 Å². The first kappa shape index (κ1) is 14.0. The summed E-state index contributed by atoms with van der Waals surface area (Å²) in [6, 6.07) is 13.5. The quantitative estimate of drug-likeness (QED) is 0.696. The number of nitrogens with zero attached hydrogens (tertiary/aromatic N) is 1. The molecule has 0 unspecified atom stereocenters. The van der Waals surface area contributed by atoms with Crippen molar-refractivity contribution in [1.29, 1.82) is 0 Å². The van der Waals surface area contributed by atoms with E-state index in [1.807, 2.05) is 0 Å². The summed E-state index contributed by atoms with van der Waals surface area (Å²) in [5.41, 5.74) is 4.74. The second-order valence-corrected chi connectivity index (χ2v) is 7.22. The van der Waals surface area contributed by atoms with Gasteiger partial charge in [-0.2, -0.15) is 0 Å². The minimum Gasteiger partial charge on any atom is -0.320 e. The highest BCUT2D eigenvalue weighted by atomic mass is 15.4. The van der Waals surface area contributed by atoms with Gasteiger partial charge in [-0.25, -0.2) is 0 Å². The summed E-state index contributed by atoms with van der Waals surface area (Å²) in [5, 5.41) is 2.80. The van der Waals surface area contributed by atoms with Gasteiger partial charge in [0.1, 0.15) is 6.54 Å². The molecule has 2 atom stereocenters. The standard InChI is InChI=1S/C21H26N/c1-4-22(5-2)13-17-12-20-18(15(3)21(17)14-22)11-10-16-8-6-7-9-19(16)20/h6-12,15,21H,4-5,13-14H2,1-3H3/q+1/t15-,21-/m0/s1. The number of quaternary nitrogens is 1. The van der Waals surface area contributed by atoms with Crippen LogP contribution in [-0.4, -0.2) is 30.7 Å². The van der Waals surface area contributed by atoms with Gasteiger partial charge in [0.2, 0.25) is 0 Å². The number of rotatable bonds is 2. The third-order valence-corrected chi connectivity index (χ3v) is 6.35. The Hall–Kier alpha value is -1.60. The van der Waals surface area contributed by atoms with E-state index in [0.717, 1.165) is 5.92 Å². The maximum atomic E-state index is 2.54. The maximum absolute atomic E-state index is 2.54. The van der Waals surface area contributed by atoms with Crippen LogP contribution in [0.2, 0.25) is 0 Å². The highest BCUT2D eigenvalue weighted by molar-refractivity contribution is 5.93. The molecule has 2 aromatic carbocycles. The molecule has 0 saturated carbocycles. The molecule has 1 heterocycles. The van der Waals surface area contributed by atoms with Crippen LogP contribution in [0.1, 0.15) is 37.8 Å². The molecule has 0 radical (unpaired) electrons. The first-order chi connectivity index (χ1) is 10.7. The van der Waals surface area contributed by atoms with Crippen molar-refractivity contribution in [3.05, 3.63) is 53.1 Å². The van der Waals surface area contributed by atoms with Gasteiger partial charge in [-0.05, 0) is 53.3 Å². The Morgan fingerprint density at radius 3 is 2.59 bits per heavy atom. The van der Waals surface area contributed by atoms with Crippen LogP contribution in [-0.2, 0) is 0 Å². The van der Waals surface area contributed by atoms with Crippen molar-refractivity contribution < 1.29 is 4.48 Å². The first-order valence-corrected chi connectivity index (χ1v) is 8.74. The summed E-state index contributed by atoms with van der Waals surface area (Å²) in [6.45, 7) is 12.2. The number of likely N-dealkylation sites (tertiary alicyclic amines) is 1. The van der Waals surface area contributed by atoms with Crippen LogP contribution in [0.5, 0.6) is 0 Å². The number of fused-ring (bicyclic) bond motifs is 4. The Labute approximate surface area is 133 Å². The summed E-state index contributed by atoms with van der Waals surface area (Å²) >= 11 is 0. The fourth-order valence-electron chi connectivity index (χ4n) is 4.71. The molecule has 0 bridgehead atoms. The second-order valence-electron chi connectivity index (χ2n) is 7.22. The lowest BCUT2D eigenvalue weighted by atomic mass is 9.76. The number of benzene rings is 2. The monoisotopic (exact) mass is 292 g/mol. The third kappa shape index (κ3) is 1.88. The molecule has 2 aromatic rings. The summed E-state index contributed by atoms with van der Waals surface area (Å²) < 4.78 is 1.27. The van der Waals surface area contributed by atoms with Crippen molar-refractivity contribution in [3.63, 3.8) is 0 Å². The van der Waals surface area contributed by atoms with E-state index in [0.29, 0.717) is 5.92 Å². The molecule has 2 aliphatic rings. The Balaban J connectivity index is 1.88. The molecule has 1 fully saturated rings. The van der Waals surface area contributed by atoms with E-state index < -0.39 is 0 Å². The van der Waals surface area contributed by atoms with Crippen molar-refractivity contribution in [2.75, 3.05) is 26.2 Å². The predicted octanol–water partition coefficient (Wildman–Crippen LogP) is 4.83. The van der Waals surface area contributed by atoms with Crippen molar-refractivity contribution in [2.24, 2.45) is 5.92 Å². The van der Waals surface area contributed by atoms with E-state index in [1.54, 1.807) is 11.1 Å². The Morgan fingerprint density at radius 2 is 1.82 bits per heavy atom. The molecule has 0 amide bonds. The molecular formula is C21H26N+. The van der Waals surface area contributed by atoms with Crippen LogP contribution >= 0.6 is 0 Å². The van der Waals surface area contributed by atoms with Crippen LogP contribution in [0.4, 0.5) is 0 Å². The number of likely N-dealkylation sites (N-methyl/N-ethyl adjacent to an activating group) is 1. The van der Waals surface area contributed by atoms with Crippen molar-refractivity contribution in [2.45, 2.75) is 26.7 Å². The SMILES string of the molecule is CC[N+]1(CC)CC2=Cc3c(ccc4ccccc34)[C@H](C)[C@@H]2C1. The zero-order valence-corrected chi connectivity index (χ0v) is 14.0. The summed E-state index contributed by atoms with van der Waals surface area (Å²) in [6.07, 6.45) is 2.54. The van der Waals surface area contributed by atoms with E-state index in [2.05, 4.69) is 63.2 Å². The molecule has 0 spiro atoms. The fraction of sp³-hybridized carbons (Fsp3) is 0.429. The number of hydrogen-bond donors (Lipinski definition) is 0. The van der Waals surface area contributed by atoms with Gasteiger partial charge in [0.05, 0.1) is 19.6 Å². The van der Waals surface area contributed by atoms with E-state index in [4.69, 9.17) is 0 Å². The van der Waals surface area contributed by atoms with Gasteiger partial charge in [-0.15, -0.1) is 0 Å². The summed E-state index contributed by atoms with van der Waals surface area (Å²) in [7, 11) is 0. The third-order valence-electron chi connectivity index (χ3n) is 6.35. The van der Waals surface area contributed by atoms with Gasteiger partial charge < -0.3 is 4.48 Å². The highest BCUT2D eigenvalue weighted by Crippen LogP contribution is 2.46. The molecule has 1 nitrogen and oxygen atoms in total. The molecule has 0 N–H and O–H groups in total. The van der Waals surface area contributed by atoms with E-state index in [1.165, 1.54) is 47.0 Å². The average molecular weight is 292 g/mol. The van der Waals surface area contributed by atoms with Gasteiger partial charge >= 0.3 is 0 Å². The predicted molar refractivity (Wildman–Crippen MR) is 94.9 cm³/mol. The molecule has 1 saturated heterocycles. The highest BCUT2D eigenvalue weighted by Gasteiger charge is 2.44. The van der Waals surface area contributed by atoms with Crippen LogP contribution in [0, 0.1) is 5.92 Å². The fourth-order valence-corrected chi connectivity index (χ4v) is 4.71. The minimum atomic E-state index is 0.651. The van der Waals surface area contributed by atoms with Crippen LogP contribution in [0.3, 0.4) is 0 Å². The molecule has 4 rings (SSSR count). The van der Waals surface area contributed by atoms with Gasteiger partial charge in [0, 0.05) is 5.92 Å². The normalized spacial score (nSPS) is 25.7. The van der Waals surface area contributed by atoms with Crippen LogP contribution in [0.15, 0.2) is 42.0 Å². The molecule has 22 heavy (non-hydrogen) atoms. The Kier molecular flexibility index (Phi) is 3.16. The van der Waals surface area contributed by atoms with Gasteiger partial charge in [-0.3, -0.25) is 0 Å². The lowest BCUT2D eigenvalue weighted by Gasteiger charge is -2.32. The molecule has 1 aliphatic heterocycles. The Morgan fingerprint density at radius 1 is 1.05 bits per heavy atom. The summed E-state index contributed by atoms with van der Waals surface area (Å²) in [4.78, 5) is 0. The smallest absolute Gasteiger partial charge is 0.101 e. The van der Waals surface area contributed by atoms with Crippen LogP contribution < -0.4 is 0 Å². The van der Waals surface area contributed by atoms with Crippen molar-refractivity contribution in [3.8, 4) is 0 Å². The van der Waals surface area contributed by atoms with Gasteiger partial charge in [0.15, 0.2) is 0 Å². The van der Waals surface area contributed by atoms with Crippen molar-refractivity contribution in [1.82, 2.24) is 0 Å². The zero-order valence-electron chi connectivity index (χ0n) is 14.0. The molecule has 1 heteroatoms. The number of hydrogen-bond acceptors (Lipinski definition) is 0. The lowest BCUT2D eigenvalue weighted by Crippen LogP contribution is -2.45. The maximum Gasteiger partial charge on any atom is 0.101 e. The lowest BCUT2D eigenvalue weighted by molar-refractivity contribution is -0.912. The van der Waals surface area contributed by atoms with E-state index >= 15 is 0 Å². The molecule has 114 valence electrons. The van der Waals surface area contributed by atoms with Gasteiger partial charge in [-0.1, -0.05) is 43.3 Å². The molecule has 0 aromatic heterocycles. The van der Waals surface area contributed by atoms with E-state index in [9.17, 15) is 0 Å². The van der Waals surface area contributed by atoms with Gasteiger partial charge in [0.25, 0.3) is 0 Å². The largest absolute Gasteiger partial charge is 0.320 e. The van der Waals surface area contributed by atoms with Crippen molar-refractivity contribution >= 4 is 16.8 Å². The molecular weight excluding hydrogens is 266 g/mol.